The number of ether oxygens (including phenoxy) is 1. The Morgan fingerprint density at radius 2 is 2.00 bits per heavy atom. The number of nitrogens with zero attached hydrogens (tertiary/aromatic N) is 4. The molecule has 1 aromatic heterocycles. The lowest BCUT2D eigenvalue weighted by Gasteiger charge is -2.37. The zero-order valence-corrected chi connectivity index (χ0v) is 13.9. The molecule has 0 unspecified atom stereocenters. The SMILES string of the molecule is COc1ccccc1-c1noc(C2CN(S(=O)(=O)N(C)C)C2)n1. The van der Waals surface area contributed by atoms with Gasteiger partial charge < -0.3 is 9.26 Å². The summed E-state index contributed by atoms with van der Waals surface area (Å²) in [6.07, 6.45) is 0. The molecule has 0 amide bonds. The summed E-state index contributed by atoms with van der Waals surface area (Å²) in [7, 11) is 1.22. The van der Waals surface area contributed by atoms with E-state index >= 15 is 0 Å². The molecule has 2 aromatic rings. The maximum absolute atomic E-state index is 12.0. The van der Waals surface area contributed by atoms with E-state index in [0.29, 0.717) is 30.6 Å². The Morgan fingerprint density at radius 3 is 2.65 bits per heavy atom. The van der Waals surface area contributed by atoms with E-state index in [1.54, 1.807) is 7.11 Å². The van der Waals surface area contributed by atoms with Crippen molar-refractivity contribution < 1.29 is 17.7 Å². The fourth-order valence-electron chi connectivity index (χ4n) is 2.35. The molecule has 0 atom stereocenters. The summed E-state index contributed by atoms with van der Waals surface area (Å²) in [6, 6.07) is 7.39. The molecule has 9 heteroatoms. The summed E-state index contributed by atoms with van der Waals surface area (Å²) in [5, 5.41) is 3.98. The highest BCUT2D eigenvalue weighted by atomic mass is 32.2. The number of aromatic nitrogens is 2. The first kappa shape index (κ1) is 15.9. The quantitative estimate of drug-likeness (QED) is 0.806. The van der Waals surface area contributed by atoms with Crippen molar-refractivity contribution in [3.8, 4) is 17.1 Å². The van der Waals surface area contributed by atoms with Gasteiger partial charge in [-0.1, -0.05) is 17.3 Å². The van der Waals surface area contributed by atoms with E-state index in [9.17, 15) is 8.42 Å². The van der Waals surface area contributed by atoms with Gasteiger partial charge in [0.15, 0.2) is 0 Å². The molecular weight excluding hydrogens is 320 g/mol. The van der Waals surface area contributed by atoms with Gasteiger partial charge in [-0.2, -0.15) is 22.0 Å². The van der Waals surface area contributed by atoms with Gasteiger partial charge in [0, 0.05) is 27.2 Å². The van der Waals surface area contributed by atoms with Gasteiger partial charge in [-0.05, 0) is 12.1 Å². The van der Waals surface area contributed by atoms with Crippen LogP contribution in [0.4, 0.5) is 0 Å². The van der Waals surface area contributed by atoms with Gasteiger partial charge in [-0.15, -0.1) is 0 Å². The lowest BCUT2D eigenvalue weighted by Crippen LogP contribution is -2.52. The molecule has 1 fully saturated rings. The first-order valence-electron chi connectivity index (χ1n) is 7.08. The van der Waals surface area contributed by atoms with E-state index < -0.39 is 10.2 Å². The fraction of sp³-hybridized carbons (Fsp3) is 0.429. The molecule has 8 nitrogen and oxygen atoms in total. The molecule has 1 saturated heterocycles. The Hall–Kier alpha value is -1.97. The average molecular weight is 338 g/mol. The molecule has 0 spiro atoms. The minimum Gasteiger partial charge on any atom is -0.496 e. The highest BCUT2D eigenvalue weighted by Crippen LogP contribution is 2.32. The first-order chi connectivity index (χ1) is 10.9. The first-order valence-corrected chi connectivity index (χ1v) is 8.47. The minimum absolute atomic E-state index is 0.0827. The van der Waals surface area contributed by atoms with E-state index in [-0.39, 0.29) is 5.92 Å². The molecule has 0 saturated carbocycles. The van der Waals surface area contributed by atoms with Gasteiger partial charge in [0.2, 0.25) is 11.7 Å². The largest absolute Gasteiger partial charge is 0.496 e. The number of para-hydroxylation sites is 1. The second-order valence-electron chi connectivity index (χ2n) is 5.46. The molecule has 1 aliphatic heterocycles. The van der Waals surface area contributed by atoms with Crippen LogP contribution in [0.5, 0.6) is 5.75 Å². The van der Waals surface area contributed by atoms with Crippen molar-refractivity contribution in [2.45, 2.75) is 5.92 Å². The molecule has 0 bridgehead atoms. The second kappa shape index (κ2) is 5.91. The molecule has 23 heavy (non-hydrogen) atoms. The Morgan fingerprint density at radius 1 is 1.30 bits per heavy atom. The lowest BCUT2D eigenvalue weighted by atomic mass is 10.0. The average Bonchev–Trinajstić information content (AvgIpc) is 2.94. The number of rotatable bonds is 5. The van der Waals surface area contributed by atoms with Gasteiger partial charge in [-0.3, -0.25) is 0 Å². The fourth-order valence-corrected chi connectivity index (χ4v) is 3.55. The third-order valence-corrected chi connectivity index (χ3v) is 5.65. The zero-order chi connectivity index (χ0) is 16.6. The minimum atomic E-state index is -3.38. The van der Waals surface area contributed by atoms with Crippen LogP contribution in [-0.4, -0.2) is 61.5 Å². The predicted octanol–water partition coefficient (Wildman–Crippen LogP) is 0.951. The highest BCUT2D eigenvalue weighted by Gasteiger charge is 2.40. The van der Waals surface area contributed by atoms with Crippen LogP contribution < -0.4 is 4.74 Å². The van der Waals surface area contributed by atoms with Crippen LogP contribution in [0.2, 0.25) is 0 Å². The van der Waals surface area contributed by atoms with Crippen molar-refractivity contribution in [2.24, 2.45) is 0 Å². The highest BCUT2D eigenvalue weighted by molar-refractivity contribution is 7.86. The monoisotopic (exact) mass is 338 g/mol. The molecule has 0 N–H and O–H groups in total. The molecule has 0 radical (unpaired) electrons. The Bertz CT molecular complexity index is 797. The third kappa shape index (κ3) is 2.82. The number of hydrogen-bond acceptors (Lipinski definition) is 6. The molecule has 2 heterocycles. The maximum Gasteiger partial charge on any atom is 0.281 e. The van der Waals surface area contributed by atoms with Crippen molar-refractivity contribution in [1.82, 2.24) is 18.8 Å². The van der Waals surface area contributed by atoms with Crippen LogP contribution in [0.1, 0.15) is 11.8 Å². The molecule has 1 aliphatic rings. The molecule has 3 rings (SSSR count). The lowest BCUT2D eigenvalue weighted by molar-refractivity contribution is 0.208. The Kier molecular flexibility index (Phi) is 4.09. The van der Waals surface area contributed by atoms with Crippen molar-refractivity contribution in [2.75, 3.05) is 34.3 Å². The van der Waals surface area contributed by atoms with Gasteiger partial charge in [0.25, 0.3) is 10.2 Å². The summed E-state index contributed by atoms with van der Waals surface area (Å²) in [6.45, 7) is 0.683. The van der Waals surface area contributed by atoms with E-state index in [0.717, 1.165) is 5.56 Å². The van der Waals surface area contributed by atoms with Crippen molar-refractivity contribution in [3.63, 3.8) is 0 Å². The van der Waals surface area contributed by atoms with Crippen LogP contribution >= 0.6 is 0 Å². The van der Waals surface area contributed by atoms with Gasteiger partial charge in [-0.25, -0.2) is 0 Å². The van der Waals surface area contributed by atoms with Crippen molar-refractivity contribution in [3.05, 3.63) is 30.2 Å². The van der Waals surface area contributed by atoms with Gasteiger partial charge in [0.1, 0.15) is 5.75 Å². The summed E-state index contributed by atoms with van der Waals surface area (Å²) in [5.41, 5.74) is 0.738. The summed E-state index contributed by atoms with van der Waals surface area (Å²) in [5.74, 6) is 1.45. The topological polar surface area (TPSA) is 88.8 Å². The third-order valence-electron chi connectivity index (χ3n) is 3.77. The van der Waals surface area contributed by atoms with Crippen LogP contribution in [0, 0.1) is 0 Å². The van der Waals surface area contributed by atoms with Gasteiger partial charge in [0.05, 0.1) is 18.6 Å². The van der Waals surface area contributed by atoms with Gasteiger partial charge >= 0.3 is 0 Å². The van der Waals surface area contributed by atoms with Crippen LogP contribution in [0.15, 0.2) is 28.8 Å². The van der Waals surface area contributed by atoms with Crippen molar-refractivity contribution >= 4 is 10.2 Å². The molecule has 0 aliphatic carbocycles. The maximum atomic E-state index is 12.0. The summed E-state index contributed by atoms with van der Waals surface area (Å²) in [4.78, 5) is 4.38. The molecule has 124 valence electrons. The zero-order valence-electron chi connectivity index (χ0n) is 13.1. The van der Waals surface area contributed by atoms with E-state index in [2.05, 4.69) is 10.1 Å². The predicted molar refractivity (Wildman–Crippen MR) is 83.2 cm³/mol. The van der Waals surface area contributed by atoms with E-state index in [4.69, 9.17) is 9.26 Å². The smallest absolute Gasteiger partial charge is 0.281 e. The number of methoxy groups -OCH3 is 1. The summed E-state index contributed by atoms with van der Waals surface area (Å²) < 4.78 is 37.1. The summed E-state index contributed by atoms with van der Waals surface area (Å²) >= 11 is 0. The van der Waals surface area contributed by atoms with Crippen LogP contribution in [-0.2, 0) is 10.2 Å². The Balaban J connectivity index is 1.75. The Labute approximate surface area is 134 Å². The van der Waals surface area contributed by atoms with Crippen LogP contribution in [0.3, 0.4) is 0 Å². The second-order valence-corrected chi connectivity index (χ2v) is 7.60. The van der Waals surface area contributed by atoms with E-state index in [1.165, 1.54) is 22.7 Å². The number of benzene rings is 1. The van der Waals surface area contributed by atoms with Crippen molar-refractivity contribution in [1.29, 1.82) is 0 Å². The van der Waals surface area contributed by atoms with E-state index in [1.807, 2.05) is 24.3 Å². The molecule has 1 aromatic carbocycles. The normalized spacial score (nSPS) is 16.5. The standard InChI is InChI=1S/C14H18N4O4S/c1-17(2)23(19,20)18-8-10(9-18)14-15-13(16-22-14)11-6-4-5-7-12(11)21-3/h4-7,10H,8-9H2,1-3H3. The molecular formula is C14H18N4O4S. The number of hydrogen-bond donors (Lipinski definition) is 0. The van der Waals surface area contributed by atoms with Crippen LogP contribution in [0.25, 0.3) is 11.4 Å².